The molecule has 1 saturated heterocycles. The number of ether oxygens (including phenoxy) is 5. The molecule has 1 rings (SSSR count). The summed E-state index contributed by atoms with van der Waals surface area (Å²) in [4.78, 5) is 45.0. The van der Waals surface area contributed by atoms with Gasteiger partial charge in [0.15, 0.2) is 18.2 Å². The summed E-state index contributed by atoms with van der Waals surface area (Å²) in [7, 11) is 0. The zero-order valence-corrected chi connectivity index (χ0v) is 14.0. The summed E-state index contributed by atoms with van der Waals surface area (Å²) in [6.45, 7) is 4.44. The molecule has 10 nitrogen and oxygen atoms in total. The van der Waals surface area contributed by atoms with Crippen molar-refractivity contribution in [1.29, 1.82) is 0 Å². The van der Waals surface area contributed by atoms with E-state index < -0.39 is 54.5 Å². The van der Waals surface area contributed by atoms with Gasteiger partial charge in [-0.3, -0.25) is 19.2 Å². The summed E-state index contributed by atoms with van der Waals surface area (Å²) in [6, 6.07) is -0.851. The Morgan fingerprint density at radius 1 is 0.833 bits per heavy atom. The van der Waals surface area contributed by atoms with Gasteiger partial charge in [0.05, 0.1) is 0 Å². The molecule has 1 aliphatic heterocycles. The van der Waals surface area contributed by atoms with Gasteiger partial charge in [0.2, 0.25) is 0 Å². The maximum Gasteiger partial charge on any atom is 0.305 e. The van der Waals surface area contributed by atoms with Gasteiger partial charge >= 0.3 is 23.9 Å². The van der Waals surface area contributed by atoms with Crippen LogP contribution in [0.15, 0.2) is 0 Å². The molecule has 0 radical (unpaired) electrons. The lowest BCUT2D eigenvalue weighted by atomic mass is 9.97. The zero-order chi connectivity index (χ0) is 18.4. The first-order chi connectivity index (χ1) is 11.1. The molecule has 5 atom stereocenters. The number of esters is 4. The monoisotopic (exact) mass is 348 g/mol. The predicted molar refractivity (Wildman–Crippen MR) is 74.8 cm³/mol. The smallest absolute Gasteiger partial charge is 0.305 e. The number of carbonyl (C=O) groups is 4. The Morgan fingerprint density at radius 3 is 1.79 bits per heavy atom. The second kappa shape index (κ2) is 8.60. The molecule has 5 unspecified atom stereocenters. The molecule has 0 spiro atoms. The second-order valence-electron chi connectivity index (χ2n) is 5.27. The van der Waals surface area contributed by atoms with Crippen molar-refractivity contribution < 1.29 is 48.6 Å². The van der Waals surface area contributed by atoms with Crippen molar-refractivity contribution >= 4 is 23.9 Å². The van der Waals surface area contributed by atoms with E-state index in [0.29, 0.717) is 0 Å². The Bertz CT molecular complexity index is 490. The minimum absolute atomic E-state index is 0.282. The van der Waals surface area contributed by atoms with Crippen LogP contribution in [0.4, 0.5) is 0 Å². The summed E-state index contributed by atoms with van der Waals surface area (Å²) in [6.07, 6.45) is -4.26. The highest BCUT2D eigenvalue weighted by molar-refractivity contribution is 5.68. The Morgan fingerprint density at radius 2 is 1.33 bits per heavy atom. The Kier molecular flexibility index (Phi) is 7.11. The topological polar surface area (TPSA) is 142 Å². The standard InChI is InChI=1S/C14H21NO9/c1-6(16)20-5-10-12(21-7(2)17)13(22-8(3)18)11(15)14(24-10)23-9(4)19/h10-14H,5,15H2,1-4H3/p+1. The van der Waals surface area contributed by atoms with Crippen LogP contribution in [0.25, 0.3) is 0 Å². The summed E-state index contributed by atoms with van der Waals surface area (Å²) >= 11 is 0. The maximum atomic E-state index is 11.4. The highest BCUT2D eigenvalue weighted by Gasteiger charge is 2.52. The molecule has 0 aromatic rings. The van der Waals surface area contributed by atoms with Gasteiger partial charge in [-0.15, -0.1) is 0 Å². The normalized spacial score (nSPS) is 29.3. The van der Waals surface area contributed by atoms with Crippen molar-refractivity contribution in [2.75, 3.05) is 6.61 Å². The van der Waals surface area contributed by atoms with Gasteiger partial charge in [0.1, 0.15) is 12.7 Å². The average Bonchev–Trinajstić information content (AvgIpc) is 2.42. The van der Waals surface area contributed by atoms with Crippen LogP contribution in [0.2, 0.25) is 0 Å². The van der Waals surface area contributed by atoms with Crippen LogP contribution in [0, 0.1) is 0 Å². The Hall–Kier alpha value is -2.20. The maximum absolute atomic E-state index is 11.4. The third kappa shape index (κ3) is 5.78. The average molecular weight is 348 g/mol. The van der Waals surface area contributed by atoms with Crippen molar-refractivity contribution in [1.82, 2.24) is 0 Å². The second-order valence-corrected chi connectivity index (χ2v) is 5.27. The van der Waals surface area contributed by atoms with E-state index in [1.54, 1.807) is 0 Å². The Balaban J connectivity index is 3.08. The van der Waals surface area contributed by atoms with E-state index in [4.69, 9.17) is 23.7 Å². The zero-order valence-electron chi connectivity index (χ0n) is 14.0. The van der Waals surface area contributed by atoms with Gasteiger partial charge in [0.25, 0.3) is 6.29 Å². The molecule has 0 aliphatic carbocycles. The van der Waals surface area contributed by atoms with Crippen LogP contribution in [0.3, 0.4) is 0 Å². The van der Waals surface area contributed by atoms with Crippen LogP contribution in [-0.4, -0.2) is 61.1 Å². The molecule has 24 heavy (non-hydrogen) atoms. The van der Waals surface area contributed by atoms with Crippen LogP contribution >= 0.6 is 0 Å². The van der Waals surface area contributed by atoms with E-state index >= 15 is 0 Å². The van der Waals surface area contributed by atoms with Crippen molar-refractivity contribution in [3.05, 3.63) is 0 Å². The largest absolute Gasteiger partial charge is 0.463 e. The molecular weight excluding hydrogens is 326 g/mol. The summed E-state index contributed by atoms with van der Waals surface area (Å²) in [5.41, 5.74) is 3.78. The fourth-order valence-corrected chi connectivity index (χ4v) is 2.25. The molecule has 0 saturated carbocycles. The molecule has 3 N–H and O–H groups in total. The third-order valence-electron chi connectivity index (χ3n) is 3.11. The SMILES string of the molecule is CC(=O)OCC1OC(OC(C)=O)C([NH3+])C(OC(C)=O)C1OC(C)=O. The summed E-state index contributed by atoms with van der Waals surface area (Å²) in [5, 5.41) is 0. The van der Waals surface area contributed by atoms with E-state index in [1.807, 2.05) is 0 Å². The quantitative estimate of drug-likeness (QED) is 0.455. The fourth-order valence-electron chi connectivity index (χ4n) is 2.25. The van der Waals surface area contributed by atoms with E-state index in [-0.39, 0.29) is 6.61 Å². The Labute approximate surface area is 138 Å². The highest BCUT2D eigenvalue weighted by Crippen LogP contribution is 2.25. The molecule has 0 amide bonds. The van der Waals surface area contributed by atoms with Crippen LogP contribution < -0.4 is 5.73 Å². The molecule has 136 valence electrons. The number of hydrogen-bond donors (Lipinski definition) is 1. The number of hydrogen-bond acceptors (Lipinski definition) is 9. The first-order valence-electron chi connectivity index (χ1n) is 7.25. The van der Waals surface area contributed by atoms with Gasteiger partial charge < -0.3 is 29.4 Å². The van der Waals surface area contributed by atoms with E-state index in [1.165, 1.54) is 27.7 Å². The van der Waals surface area contributed by atoms with E-state index in [0.717, 1.165) is 0 Å². The van der Waals surface area contributed by atoms with Crippen LogP contribution in [0.1, 0.15) is 27.7 Å². The van der Waals surface area contributed by atoms with Gasteiger partial charge in [-0.1, -0.05) is 0 Å². The number of carbonyl (C=O) groups excluding carboxylic acids is 4. The first-order valence-corrected chi connectivity index (χ1v) is 7.25. The molecule has 1 heterocycles. The van der Waals surface area contributed by atoms with Gasteiger partial charge in [-0.2, -0.15) is 0 Å². The van der Waals surface area contributed by atoms with E-state index in [2.05, 4.69) is 5.73 Å². The van der Waals surface area contributed by atoms with Gasteiger partial charge in [0, 0.05) is 27.7 Å². The molecule has 0 bridgehead atoms. The number of rotatable bonds is 5. The minimum atomic E-state index is -1.15. The van der Waals surface area contributed by atoms with Crippen molar-refractivity contribution in [2.24, 2.45) is 0 Å². The van der Waals surface area contributed by atoms with Gasteiger partial charge in [-0.25, -0.2) is 0 Å². The van der Waals surface area contributed by atoms with Crippen molar-refractivity contribution in [3.63, 3.8) is 0 Å². The molecule has 1 aliphatic rings. The lowest BCUT2D eigenvalue weighted by Crippen LogP contribution is -2.79. The van der Waals surface area contributed by atoms with Crippen molar-refractivity contribution in [2.45, 2.75) is 58.3 Å². The van der Waals surface area contributed by atoms with E-state index in [9.17, 15) is 19.2 Å². The van der Waals surface area contributed by atoms with Crippen LogP contribution in [0.5, 0.6) is 0 Å². The molecular formula is C14H22NO9+. The summed E-state index contributed by atoms with van der Waals surface area (Å²) < 4.78 is 25.8. The fraction of sp³-hybridized carbons (Fsp3) is 0.714. The molecule has 1 fully saturated rings. The third-order valence-corrected chi connectivity index (χ3v) is 3.11. The molecule has 0 aromatic carbocycles. The lowest BCUT2D eigenvalue weighted by molar-refractivity contribution is -0.496. The van der Waals surface area contributed by atoms with Gasteiger partial charge in [-0.05, 0) is 0 Å². The first kappa shape index (κ1) is 19.8. The predicted octanol–water partition coefficient (Wildman–Crippen LogP) is -1.69. The molecule has 10 heteroatoms. The number of quaternary nitrogens is 1. The van der Waals surface area contributed by atoms with Crippen LogP contribution in [-0.2, 0) is 42.9 Å². The summed E-state index contributed by atoms with van der Waals surface area (Å²) in [5.74, 6) is -2.50. The minimum Gasteiger partial charge on any atom is -0.463 e. The lowest BCUT2D eigenvalue weighted by Gasteiger charge is -2.41. The highest BCUT2D eigenvalue weighted by atomic mass is 16.7. The molecule has 0 aromatic heterocycles. The van der Waals surface area contributed by atoms with Crippen molar-refractivity contribution in [3.8, 4) is 0 Å².